The minimum atomic E-state index is -3.86. The van der Waals surface area contributed by atoms with Crippen molar-refractivity contribution in [3.05, 3.63) is 101 Å². The second kappa shape index (κ2) is 13.4. The summed E-state index contributed by atoms with van der Waals surface area (Å²) in [7, 11) is -3.86. The summed E-state index contributed by atoms with van der Waals surface area (Å²) in [5.74, 6) is -1.53. The molecule has 3 aromatic rings. The lowest BCUT2D eigenvalue weighted by Gasteiger charge is -2.34. The molecule has 2 atom stereocenters. The van der Waals surface area contributed by atoms with Gasteiger partial charge in [0.15, 0.2) is 0 Å². The topological polar surface area (TPSA) is 86.8 Å². The third-order valence-corrected chi connectivity index (χ3v) is 7.71. The number of rotatable bonds is 12. The van der Waals surface area contributed by atoms with Gasteiger partial charge < -0.3 is 10.2 Å². The number of carbonyl (C=O) groups is 2. The van der Waals surface area contributed by atoms with Crippen LogP contribution in [-0.4, -0.2) is 50.0 Å². The minimum absolute atomic E-state index is 0.152. The number of carbonyl (C=O) groups excluding carboxylic acids is 2. The Labute approximate surface area is 230 Å². The Morgan fingerprint density at radius 2 is 1.56 bits per heavy atom. The third kappa shape index (κ3) is 8.38. The molecule has 0 aromatic heterocycles. The van der Waals surface area contributed by atoms with Crippen molar-refractivity contribution in [2.75, 3.05) is 17.1 Å². The summed E-state index contributed by atoms with van der Waals surface area (Å²) in [6.45, 7) is 4.93. The third-order valence-electron chi connectivity index (χ3n) is 6.57. The van der Waals surface area contributed by atoms with Gasteiger partial charge >= 0.3 is 0 Å². The quantitative estimate of drug-likeness (QED) is 0.359. The number of halogens is 1. The van der Waals surface area contributed by atoms with Crippen molar-refractivity contribution in [2.45, 2.75) is 52.2 Å². The molecular weight excluding hydrogens is 517 g/mol. The standard InChI is InChI=1S/C30H36FN3O4S/c1-5-23(3)32-30(36)28(19-24-11-7-6-8-12-24)33(20-25-13-9-10-14-27(25)31)29(35)21-34(39(4,37)38)26-17-15-22(2)16-18-26/h6-18,23,28H,5,19-21H2,1-4H3,(H,32,36)/t23-,28+/m1/s1. The average molecular weight is 554 g/mol. The van der Waals surface area contributed by atoms with Gasteiger partial charge in [0, 0.05) is 24.6 Å². The molecule has 3 rings (SSSR count). The van der Waals surface area contributed by atoms with Crippen LogP contribution in [0.5, 0.6) is 0 Å². The Morgan fingerprint density at radius 1 is 0.949 bits per heavy atom. The lowest BCUT2D eigenvalue weighted by atomic mass is 10.0. The average Bonchev–Trinajstić information content (AvgIpc) is 2.90. The molecule has 3 aromatic carbocycles. The SMILES string of the molecule is CC[C@@H](C)NC(=O)[C@H](Cc1ccccc1)N(Cc1ccccc1F)C(=O)CN(c1ccc(C)cc1)S(C)(=O)=O. The van der Waals surface area contributed by atoms with Crippen LogP contribution in [0.4, 0.5) is 10.1 Å². The molecule has 0 aliphatic rings. The Morgan fingerprint density at radius 3 is 2.15 bits per heavy atom. The van der Waals surface area contributed by atoms with Crippen molar-refractivity contribution in [2.24, 2.45) is 0 Å². The first-order valence-corrected chi connectivity index (χ1v) is 14.8. The van der Waals surface area contributed by atoms with Crippen LogP contribution in [0.2, 0.25) is 0 Å². The molecule has 0 saturated carbocycles. The molecule has 7 nitrogen and oxygen atoms in total. The second-order valence-electron chi connectivity index (χ2n) is 9.74. The van der Waals surface area contributed by atoms with Crippen LogP contribution >= 0.6 is 0 Å². The first-order chi connectivity index (χ1) is 18.5. The molecule has 39 heavy (non-hydrogen) atoms. The minimum Gasteiger partial charge on any atom is -0.352 e. The Balaban J connectivity index is 2.06. The molecule has 0 saturated heterocycles. The van der Waals surface area contributed by atoms with E-state index in [2.05, 4.69) is 5.32 Å². The number of hydrogen-bond donors (Lipinski definition) is 1. The maximum atomic E-state index is 14.8. The highest BCUT2D eigenvalue weighted by Crippen LogP contribution is 2.21. The number of amides is 2. The largest absolute Gasteiger partial charge is 0.352 e. The van der Waals surface area contributed by atoms with E-state index in [4.69, 9.17) is 0 Å². The maximum absolute atomic E-state index is 14.8. The molecular formula is C30H36FN3O4S. The van der Waals surface area contributed by atoms with Gasteiger partial charge in [-0.25, -0.2) is 12.8 Å². The number of nitrogens with zero attached hydrogens (tertiary/aromatic N) is 2. The highest BCUT2D eigenvalue weighted by Gasteiger charge is 2.33. The number of benzene rings is 3. The molecule has 1 N–H and O–H groups in total. The highest BCUT2D eigenvalue weighted by molar-refractivity contribution is 7.92. The Bertz CT molecular complexity index is 1360. The van der Waals surface area contributed by atoms with Crippen molar-refractivity contribution >= 4 is 27.5 Å². The van der Waals surface area contributed by atoms with E-state index in [1.165, 1.54) is 11.0 Å². The van der Waals surface area contributed by atoms with Gasteiger partial charge in [-0.15, -0.1) is 0 Å². The van der Waals surface area contributed by atoms with Gasteiger partial charge in [0.1, 0.15) is 18.4 Å². The zero-order valence-electron chi connectivity index (χ0n) is 22.8. The van der Waals surface area contributed by atoms with E-state index >= 15 is 0 Å². The fourth-order valence-electron chi connectivity index (χ4n) is 4.13. The molecule has 0 fully saturated rings. The molecule has 0 heterocycles. The predicted octanol–water partition coefficient (Wildman–Crippen LogP) is 4.45. The summed E-state index contributed by atoms with van der Waals surface area (Å²) in [5.41, 5.74) is 2.29. The van der Waals surface area contributed by atoms with Crippen LogP contribution in [0.3, 0.4) is 0 Å². The van der Waals surface area contributed by atoms with Gasteiger partial charge in [-0.05, 0) is 44.0 Å². The van der Waals surface area contributed by atoms with E-state index in [1.54, 1.807) is 42.5 Å². The van der Waals surface area contributed by atoms with Crippen molar-refractivity contribution in [3.63, 3.8) is 0 Å². The smallest absolute Gasteiger partial charge is 0.244 e. The van der Waals surface area contributed by atoms with Crippen molar-refractivity contribution in [1.29, 1.82) is 0 Å². The summed E-state index contributed by atoms with van der Waals surface area (Å²) in [6, 6.07) is 20.9. The van der Waals surface area contributed by atoms with E-state index in [9.17, 15) is 22.4 Å². The maximum Gasteiger partial charge on any atom is 0.244 e. The summed E-state index contributed by atoms with van der Waals surface area (Å²) in [4.78, 5) is 28.8. The van der Waals surface area contributed by atoms with Crippen LogP contribution in [0.1, 0.15) is 37.0 Å². The van der Waals surface area contributed by atoms with Crippen LogP contribution in [0.15, 0.2) is 78.9 Å². The number of sulfonamides is 1. The summed E-state index contributed by atoms with van der Waals surface area (Å²) >= 11 is 0. The zero-order valence-corrected chi connectivity index (χ0v) is 23.6. The summed E-state index contributed by atoms with van der Waals surface area (Å²) in [6.07, 6.45) is 1.88. The van der Waals surface area contributed by atoms with Gasteiger partial charge in [-0.1, -0.05) is 73.2 Å². The fraction of sp³-hybridized carbons (Fsp3) is 0.333. The Hall–Kier alpha value is -3.72. The molecule has 0 spiro atoms. The van der Waals surface area contributed by atoms with E-state index in [0.29, 0.717) is 12.1 Å². The highest BCUT2D eigenvalue weighted by atomic mass is 32.2. The molecule has 9 heteroatoms. The number of aryl methyl sites for hydroxylation is 1. The zero-order chi connectivity index (χ0) is 28.6. The van der Waals surface area contributed by atoms with Crippen molar-refractivity contribution in [3.8, 4) is 0 Å². The van der Waals surface area contributed by atoms with Crippen LogP contribution in [0.25, 0.3) is 0 Å². The first-order valence-electron chi connectivity index (χ1n) is 12.9. The Kier molecular flexibility index (Phi) is 10.2. The molecule has 0 bridgehead atoms. The van der Waals surface area contributed by atoms with Gasteiger partial charge in [-0.2, -0.15) is 0 Å². The summed E-state index contributed by atoms with van der Waals surface area (Å²) in [5, 5.41) is 2.95. The van der Waals surface area contributed by atoms with Crippen LogP contribution < -0.4 is 9.62 Å². The van der Waals surface area contributed by atoms with Crippen LogP contribution in [0, 0.1) is 12.7 Å². The van der Waals surface area contributed by atoms with Gasteiger partial charge in [-0.3, -0.25) is 13.9 Å². The van der Waals surface area contributed by atoms with Crippen molar-refractivity contribution < 1.29 is 22.4 Å². The van der Waals surface area contributed by atoms with Gasteiger partial charge in [0.05, 0.1) is 11.9 Å². The molecule has 0 aliphatic carbocycles. The van der Waals surface area contributed by atoms with E-state index in [0.717, 1.165) is 21.7 Å². The molecule has 208 valence electrons. The lowest BCUT2D eigenvalue weighted by molar-refractivity contribution is -0.140. The first kappa shape index (κ1) is 29.8. The molecule has 0 aliphatic heterocycles. The second-order valence-corrected chi connectivity index (χ2v) is 11.6. The lowest BCUT2D eigenvalue weighted by Crippen LogP contribution is -2.54. The van der Waals surface area contributed by atoms with E-state index in [-0.39, 0.29) is 30.5 Å². The number of nitrogens with one attached hydrogen (secondary N) is 1. The van der Waals surface area contributed by atoms with Gasteiger partial charge in [0.25, 0.3) is 0 Å². The fourth-order valence-corrected chi connectivity index (χ4v) is 4.98. The van der Waals surface area contributed by atoms with E-state index < -0.39 is 34.3 Å². The number of anilines is 1. The monoisotopic (exact) mass is 553 g/mol. The van der Waals surface area contributed by atoms with Crippen molar-refractivity contribution in [1.82, 2.24) is 10.2 Å². The molecule has 0 radical (unpaired) electrons. The van der Waals surface area contributed by atoms with Gasteiger partial charge in [0.2, 0.25) is 21.8 Å². The predicted molar refractivity (Wildman–Crippen MR) is 152 cm³/mol. The normalized spacial score (nSPS) is 12.8. The number of hydrogen-bond acceptors (Lipinski definition) is 4. The molecule has 0 unspecified atom stereocenters. The summed E-state index contributed by atoms with van der Waals surface area (Å²) < 4.78 is 41.4. The van der Waals surface area contributed by atoms with Crippen LogP contribution in [-0.2, 0) is 32.6 Å². The van der Waals surface area contributed by atoms with E-state index in [1.807, 2.05) is 51.1 Å². The molecule has 2 amide bonds.